The van der Waals surface area contributed by atoms with E-state index in [1.165, 1.54) is 11.9 Å². The van der Waals surface area contributed by atoms with Gasteiger partial charge in [-0.3, -0.25) is 0 Å². The molecule has 4 rings (SSSR count). The van der Waals surface area contributed by atoms with Crippen LogP contribution in [0, 0.1) is 0 Å². The second kappa shape index (κ2) is 4.85. The summed E-state index contributed by atoms with van der Waals surface area (Å²) >= 11 is 0. The summed E-state index contributed by atoms with van der Waals surface area (Å²) in [5.41, 5.74) is 3.13. The molecule has 8 heteroatoms. The Bertz CT molecular complexity index is 808. The van der Waals surface area contributed by atoms with Crippen LogP contribution in [0.2, 0.25) is 0 Å². The van der Waals surface area contributed by atoms with Gasteiger partial charge in [0.05, 0.1) is 30.5 Å². The van der Waals surface area contributed by atoms with E-state index in [0.717, 1.165) is 36.2 Å². The molecule has 0 aliphatic carbocycles. The Balaban J connectivity index is 1.61. The average molecular weight is 321 g/mol. The molecule has 118 valence electrons. The number of sulfonamides is 1. The first kappa shape index (κ1) is 13.8. The van der Waals surface area contributed by atoms with Crippen LogP contribution >= 0.6 is 0 Å². The number of hydrogen-bond donors (Lipinski definition) is 2. The van der Waals surface area contributed by atoms with Gasteiger partial charge in [-0.25, -0.2) is 17.7 Å². The third-order valence-electron chi connectivity index (χ3n) is 4.62. The van der Waals surface area contributed by atoms with Crippen LogP contribution in [-0.2, 0) is 10.0 Å². The third-order valence-corrected chi connectivity index (χ3v) is 5.92. The lowest BCUT2D eigenvalue weighted by Crippen LogP contribution is -2.46. The Labute approximate surface area is 129 Å². The second-order valence-corrected chi connectivity index (χ2v) is 7.94. The second-order valence-electron chi connectivity index (χ2n) is 5.96. The van der Waals surface area contributed by atoms with Crippen LogP contribution in [0.5, 0.6) is 0 Å². The van der Waals surface area contributed by atoms with Gasteiger partial charge in [0.1, 0.15) is 5.65 Å². The van der Waals surface area contributed by atoms with Gasteiger partial charge in [-0.2, -0.15) is 0 Å². The summed E-state index contributed by atoms with van der Waals surface area (Å²) in [6, 6.07) is 2.40. The van der Waals surface area contributed by atoms with Crippen molar-refractivity contribution in [1.82, 2.24) is 14.3 Å². The molecule has 0 saturated carbocycles. The number of anilines is 2. The van der Waals surface area contributed by atoms with Gasteiger partial charge in [-0.1, -0.05) is 0 Å². The fraction of sp³-hybridized carbons (Fsp3) is 0.500. The quantitative estimate of drug-likeness (QED) is 0.868. The van der Waals surface area contributed by atoms with E-state index in [-0.39, 0.29) is 0 Å². The first-order valence-electron chi connectivity index (χ1n) is 7.46. The number of piperidine rings is 1. The minimum atomic E-state index is -3.07. The summed E-state index contributed by atoms with van der Waals surface area (Å²) in [7, 11) is -3.07. The highest BCUT2D eigenvalue weighted by molar-refractivity contribution is 7.88. The lowest BCUT2D eigenvalue weighted by atomic mass is 10.0. The highest BCUT2D eigenvalue weighted by Crippen LogP contribution is 2.39. The van der Waals surface area contributed by atoms with Crippen molar-refractivity contribution in [2.45, 2.75) is 18.9 Å². The zero-order chi connectivity index (χ0) is 15.3. The molecule has 2 aliphatic rings. The number of aromatic nitrogens is 2. The van der Waals surface area contributed by atoms with Crippen molar-refractivity contribution in [3.8, 4) is 0 Å². The summed E-state index contributed by atoms with van der Waals surface area (Å²) in [6.07, 6.45) is 6.75. The number of hydrogen-bond acceptors (Lipinski definition) is 5. The van der Waals surface area contributed by atoms with E-state index in [1.807, 2.05) is 18.5 Å². The molecular formula is C14H19N5O2S. The van der Waals surface area contributed by atoms with Crippen LogP contribution in [0.4, 0.5) is 11.4 Å². The van der Waals surface area contributed by atoms with Crippen molar-refractivity contribution in [1.29, 1.82) is 0 Å². The summed E-state index contributed by atoms with van der Waals surface area (Å²) in [5.74, 6) is 0. The van der Waals surface area contributed by atoms with Gasteiger partial charge < -0.3 is 15.2 Å². The molecular weight excluding hydrogens is 302 g/mol. The van der Waals surface area contributed by atoms with Gasteiger partial charge in [0, 0.05) is 30.7 Å². The lowest BCUT2D eigenvalue weighted by Gasteiger charge is -2.36. The first-order chi connectivity index (χ1) is 10.5. The topological polar surface area (TPSA) is 81.3 Å². The molecule has 0 spiro atoms. The van der Waals surface area contributed by atoms with Crippen molar-refractivity contribution in [3.63, 3.8) is 0 Å². The third kappa shape index (κ3) is 2.14. The van der Waals surface area contributed by atoms with Crippen LogP contribution in [-0.4, -0.2) is 54.7 Å². The van der Waals surface area contributed by atoms with E-state index in [9.17, 15) is 8.42 Å². The molecule has 1 fully saturated rings. The number of nitrogens with one attached hydrogen (secondary N) is 2. The maximum atomic E-state index is 11.6. The molecule has 2 aromatic heterocycles. The van der Waals surface area contributed by atoms with Crippen LogP contribution < -0.4 is 10.2 Å². The van der Waals surface area contributed by atoms with Crippen molar-refractivity contribution < 1.29 is 8.42 Å². The summed E-state index contributed by atoms with van der Waals surface area (Å²) in [5, 5.41) is 4.51. The SMILES string of the molecule is CS(=O)(=O)N1CCC(N2CNc3cnc4[nH]ccc4c32)CC1. The predicted molar refractivity (Wildman–Crippen MR) is 86.5 cm³/mol. The summed E-state index contributed by atoms with van der Waals surface area (Å²) in [4.78, 5) is 9.91. The number of pyridine rings is 1. The zero-order valence-corrected chi connectivity index (χ0v) is 13.2. The van der Waals surface area contributed by atoms with Gasteiger partial charge in [0.25, 0.3) is 0 Å². The van der Waals surface area contributed by atoms with E-state index >= 15 is 0 Å². The highest BCUT2D eigenvalue weighted by atomic mass is 32.2. The maximum absolute atomic E-state index is 11.6. The molecule has 2 aliphatic heterocycles. The van der Waals surface area contributed by atoms with Crippen molar-refractivity contribution in [2.24, 2.45) is 0 Å². The Morgan fingerprint density at radius 1 is 1.32 bits per heavy atom. The summed E-state index contributed by atoms with van der Waals surface area (Å²) in [6.45, 7) is 1.94. The molecule has 0 amide bonds. The van der Waals surface area contributed by atoms with Crippen LogP contribution in [0.15, 0.2) is 18.5 Å². The van der Waals surface area contributed by atoms with Gasteiger partial charge in [0.15, 0.2) is 0 Å². The van der Waals surface area contributed by atoms with Crippen LogP contribution in [0.25, 0.3) is 11.0 Å². The summed E-state index contributed by atoms with van der Waals surface area (Å²) < 4.78 is 24.9. The minimum absolute atomic E-state index is 0.354. The normalized spacial score (nSPS) is 20.3. The molecule has 0 unspecified atom stereocenters. The standard InChI is InChI=1S/C14H19N5O2S/c1-22(20,21)18-6-3-10(4-7-18)19-9-17-12-8-16-14-11(13(12)19)2-5-15-14/h2,5,8,10,17H,3-4,6-7,9H2,1H3,(H,15,16). The van der Waals surface area contributed by atoms with Gasteiger partial charge in [-0.15, -0.1) is 0 Å². The lowest BCUT2D eigenvalue weighted by molar-refractivity contribution is 0.314. The monoisotopic (exact) mass is 321 g/mol. The molecule has 7 nitrogen and oxygen atoms in total. The molecule has 0 radical (unpaired) electrons. The van der Waals surface area contributed by atoms with Gasteiger partial charge in [-0.05, 0) is 18.9 Å². The smallest absolute Gasteiger partial charge is 0.211 e. The van der Waals surface area contributed by atoms with E-state index in [1.54, 1.807) is 4.31 Å². The average Bonchev–Trinajstić information content (AvgIpc) is 3.12. The molecule has 1 saturated heterocycles. The molecule has 22 heavy (non-hydrogen) atoms. The molecule has 2 N–H and O–H groups in total. The minimum Gasteiger partial charge on any atom is -0.365 e. The Hall–Kier alpha value is -1.80. The Kier molecular flexibility index (Phi) is 3.05. The number of fused-ring (bicyclic) bond motifs is 3. The van der Waals surface area contributed by atoms with Crippen LogP contribution in [0.1, 0.15) is 12.8 Å². The molecule has 0 bridgehead atoms. The van der Waals surface area contributed by atoms with E-state index < -0.39 is 10.0 Å². The zero-order valence-electron chi connectivity index (χ0n) is 12.4. The van der Waals surface area contributed by atoms with E-state index in [4.69, 9.17) is 0 Å². The first-order valence-corrected chi connectivity index (χ1v) is 9.30. The van der Waals surface area contributed by atoms with Crippen molar-refractivity contribution in [2.75, 3.05) is 36.2 Å². The Morgan fingerprint density at radius 2 is 2.09 bits per heavy atom. The van der Waals surface area contributed by atoms with Crippen LogP contribution in [0.3, 0.4) is 0 Å². The fourth-order valence-corrected chi connectivity index (χ4v) is 4.35. The maximum Gasteiger partial charge on any atom is 0.211 e. The number of H-pyrrole nitrogens is 1. The number of aromatic amines is 1. The Morgan fingerprint density at radius 3 is 2.82 bits per heavy atom. The molecule has 0 atom stereocenters. The largest absolute Gasteiger partial charge is 0.365 e. The molecule has 4 heterocycles. The number of nitrogens with zero attached hydrogens (tertiary/aromatic N) is 3. The fourth-order valence-electron chi connectivity index (χ4n) is 3.48. The number of rotatable bonds is 2. The van der Waals surface area contributed by atoms with E-state index in [0.29, 0.717) is 19.1 Å². The molecule has 0 aromatic carbocycles. The van der Waals surface area contributed by atoms with Crippen molar-refractivity contribution >= 4 is 32.4 Å². The molecule has 2 aromatic rings. The van der Waals surface area contributed by atoms with Gasteiger partial charge in [0.2, 0.25) is 10.0 Å². The van der Waals surface area contributed by atoms with E-state index in [2.05, 4.69) is 20.2 Å². The van der Waals surface area contributed by atoms with Gasteiger partial charge >= 0.3 is 0 Å². The highest BCUT2D eigenvalue weighted by Gasteiger charge is 2.32. The van der Waals surface area contributed by atoms with Crippen molar-refractivity contribution in [3.05, 3.63) is 18.5 Å². The predicted octanol–water partition coefficient (Wildman–Crippen LogP) is 1.18.